The van der Waals surface area contributed by atoms with E-state index in [2.05, 4.69) is 0 Å². The van der Waals surface area contributed by atoms with Crippen LogP contribution < -0.4 is 19.9 Å². The number of hydrogen-bond donors (Lipinski definition) is 1. The molecule has 0 aromatic heterocycles. The second-order valence-electron chi connectivity index (χ2n) is 3.01. The molecular weight excluding hydrogens is 194 g/mol. The lowest BCUT2D eigenvalue weighted by Crippen LogP contribution is -2.06. The maximum Gasteiger partial charge on any atom is 0.164 e. The van der Waals surface area contributed by atoms with Gasteiger partial charge in [0.05, 0.1) is 20.8 Å². The predicted molar refractivity (Wildman–Crippen MR) is 58.7 cm³/mol. The fourth-order valence-corrected chi connectivity index (χ4v) is 1.16. The first-order valence-electron chi connectivity index (χ1n) is 4.86. The quantitative estimate of drug-likeness (QED) is 0.723. The van der Waals surface area contributed by atoms with Gasteiger partial charge in [0.2, 0.25) is 0 Å². The van der Waals surface area contributed by atoms with Crippen molar-refractivity contribution >= 4 is 0 Å². The molecule has 4 nitrogen and oxygen atoms in total. The van der Waals surface area contributed by atoms with Crippen LogP contribution >= 0.6 is 0 Å². The molecule has 0 spiro atoms. The van der Waals surface area contributed by atoms with Crippen molar-refractivity contribution < 1.29 is 14.2 Å². The van der Waals surface area contributed by atoms with E-state index in [9.17, 15) is 0 Å². The lowest BCUT2D eigenvalue weighted by Gasteiger charge is -2.11. The van der Waals surface area contributed by atoms with Gasteiger partial charge in [0.1, 0.15) is 5.75 Å². The number of benzene rings is 1. The summed E-state index contributed by atoms with van der Waals surface area (Å²) in [7, 11) is 3.22. The molecule has 0 saturated heterocycles. The maximum atomic E-state index is 5.51. The summed E-state index contributed by atoms with van der Waals surface area (Å²) in [4.78, 5) is 0. The molecule has 0 fully saturated rings. The monoisotopic (exact) mass is 211 g/mol. The number of ether oxygens (including phenoxy) is 3. The molecule has 0 atom stereocenters. The normalized spacial score (nSPS) is 9.80. The Balaban J connectivity index is 2.69. The van der Waals surface area contributed by atoms with Crippen LogP contribution in [0.2, 0.25) is 0 Å². The summed E-state index contributed by atoms with van der Waals surface area (Å²) in [6.45, 7) is 1.22. The summed E-state index contributed by atoms with van der Waals surface area (Å²) < 4.78 is 15.8. The van der Waals surface area contributed by atoms with Gasteiger partial charge in [0, 0.05) is 6.07 Å². The summed E-state index contributed by atoms with van der Waals surface area (Å²) in [5, 5.41) is 0. The van der Waals surface area contributed by atoms with Crippen molar-refractivity contribution in [2.24, 2.45) is 5.73 Å². The van der Waals surface area contributed by atoms with E-state index in [1.165, 1.54) is 0 Å². The van der Waals surface area contributed by atoms with Crippen LogP contribution in [0.25, 0.3) is 0 Å². The second kappa shape index (κ2) is 6.14. The fourth-order valence-electron chi connectivity index (χ4n) is 1.16. The molecule has 0 saturated carbocycles. The second-order valence-corrected chi connectivity index (χ2v) is 3.01. The average Bonchev–Trinajstić information content (AvgIpc) is 2.29. The van der Waals surface area contributed by atoms with E-state index in [4.69, 9.17) is 19.9 Å². The third-order valence-corrected chi connectivity index (χ3v) is 1.98. The van der Waals surface area contributed by atoms with Crippen LogP contribution in [-0.2, 0) is 0 Å². The Hall–Kier alpha value is -1.42. The fraction of sp³-hybridized carbons (Fsp3) is 0.455. The predicted octanol–water partition coefficient (Wildman–Crippen LogP) is 1.43. The summed E-state index contributed by atoms with van der Waals surface area (Å²) in [5.41, 5.74) is 5.38. The van der Waals surface area contributed by atoms with E-state index in [-0.39, 0.29) is 0 Å². The van der Waals surface area contributed by atoms with E-state index in [1.54, 1.807) is 20.3 Å². The van der Waals surface area contributed by atoms with E-state index in [0.29, 0.717) is 24.7 Å². The van der Waals surface area contributed by atoms with Crippen molar-refractivity contribution in [3.8, 4) is 17.2 Å². The number of rotatable bonds is 6. The highest BCUT2D eigenvalue weighted by Crippen LogP contribution is 2.31. The van der Waals surface area contributed by atoms with E-state index < -0.39 is 0 Å². The van der Waals surface area contributed by atoms with Crippen LogP contribution in [0.5, 0.6) is 17.2 Å². The van der Waals surface area contributed by atoms with Gasteiger partial charge in [-0.15, -0.1) is 0 Å². The molecule has 0 aliphatic rings. The molecule has 0 aliphatic carbocycles. The molecule has 0 aliphatic heterocycles. The van der Waals surface area contributed by atoms with Gasteiger partial charge in [-0.1, -0.05) is 0 Å². The Morgan fingerprint density at radius 1 is 1.13 bits per heavy atom. The van der Waals surface area contributed by atoms with E-state index >= 15 is 0 Å². The summed E-state index contributed by atoms with van der Waals surface area (Å²) >= 11 is 0. The van der Waals surface area contributed by atoms with Crippen molar-refractivity contribution in [1.29, 1.82) is 0 Å². The Morgan fingerprint density at radius 3 is 2.53 bits per heavy atom. The van der Waals surface area contributed by atoms with Crippen LogP contribution in [0.4, 0.5) is 0 Å². The molecule has 4 heteroatoms. The average molecular weight is 211 g/mol. The molecule has 1 aromatic rings. The van der Waals surface area contributed by atoms with Crippen molar-refractivity contribution in [3.05, 3.63) is 18.2 Å². The zero-order valence-corrected chi connectivity index (χ0v) is 9.16. The largest absolute Gasteiger partial charge is 0.497 e. The van der Waals surface area contributed by atoms with E-state index in [0.717, 1.165) is 12.2 Å². The standard InChI is InChI=1S/C11H17NO3/c1-13-9-4-5-10(11(8-9)14-2)15-7-3-6-12/h4-5,8H,3,6-7,12H2,1-2H3. The van der Waals surface area contributed by atoms with Crippen molar-refractivity contribution in [1.82, 2.24) is 0 Å². The first-order valence-corrected chi connectivity index (χ1v) is 4.86. The van der Waals surface area contributed by atoms with Gasteiger partial charge in [-0.05, 0) is 25.1 Å². The third kappa shape index (κ3) is 3.32. The molecule has 1 rings (SSSR count). The van der Waals surface area contributed by atoms with Gasteiger partial charge in [-0.25, -0.2) is 0 Å². The van der Waals surface area contributed by atoms with Gasteiger partial charge in [0.15, 0.2) is 11.5 Å². The van der Waals surface area contributed by atoms with Gasteiger partial charge >= 0.3 is 0 Å². The number of nitrogens with two attached hydrogens (primary N) is 1. The van der Waals surface area contributed by atoms with Crippen LogP contribution in [-0.4, -0.2) is 27.4 Å². The SMILES string of the molecule is COc1ccc(OCCCN)c(OC)c1. The molecule has 84 valence electrons. The molecular formula is C11H17NO3. The minimum absolute atomic E-state index is 0.596. The molecule has 1 aromatic carbocycles. The number of hydrogen-bond acceptors (Lipinski definition) is 4. The van der Waals surface area contributed by atoms with Gasteiger partial charge in [-0.2, -0.15) is 0 Å². The lowest BCUT2D eigenvalue weighted by atomic mass is 10.3. The maximum absolute atomic E-state index is 5.51. The zero-order chi connectivity index (χ0) is 11.1. The summed E-state index contributed by atoms with van der Waals surface area (Å²) in [5.74, 6) is 2.14. The Labute approximate surface area is 89.9 Å². The van der Waals surface area contributed by atoms with Gasteiger partial charge in [0.25, 0.3) is 0 Å². The first-order chi connectivity index (χ1) is 7.31. The van der Waals surface area contributed by atoms with Crippen LogP contribution in [0.15, 0.2) is 18.2 Å². The topological polar surface area (TPSA) is 53.7 Å². The third-order valence-electron chi connectivity index (χ3n) is 1.98. The van der Waals surface area contributed by atoms with E-state index in [1.807, 2.05) is 12.1 Å². The van der Waals surface area contributed by atoms with Crippen molar-refractivity contribution in [2.45, 2.75) is 6.42 Å². The molecule has 2 N–H and O–H groups in total. The molecule has 15 heavy (non-hydrogen) atoms. The first kappa shape index (κ1) is 11.7. The zero-order valence-electron chi connectivity index (χ0n) is 9.16. The Kier molecular flexibility index (Phi) is 4.77. The Bertz CT molecular complexity index is 302. The molecule has 0 unspecified atom stereocenters. The van der Waals surface area contributed by atoms with Crippen molar-refractivity contribution in [3.63, 3.8) is 0 Å². The molecule has 0 radical (unpaired) electrons. The highest BCUT2D eigenvalue weighted by Gasteiger charge is 2.05. The number of methoxy groups -OCH3 is 2. The highest BCUT2D eigenvalue weighted by molar-refractivity contribution is 5.45. The molecule has 0 heterocycles. The minimum Gasteiger partial charge on any atom is -0.497 e. The van der Waals surface area contributed by atoms with Gasteiger partial charge in [-0.3, -0.25) is 0 Å². The molecule has 0 bridgehead atoms. The molecule has 0 amide bonds. The van der Waals surface area contributed by atoms with Gasteiger partial charge < -0.3 is 19.9 Å². The summed E-state index contributed by atoms with van der Waals surface area (Å²) in [6, 6.07) is 5.45. The lowest BCUT2D eigenvalue weighted by molar-refractivity contribution is 0.290. The van der Waals surface area contributed by atoms with Crippen LogP contribution in [0.3, 0.4) is 0 Å². The Morgan fingerprint density at radius 2 is 1.93 bits per heavy atom. The summed E-state index contributed by atoms with van der Waals surface area (Å²) in [6.07, 6.45) is 0.829. The van der Waals surface area contributed by atoms with Crippen LogP contribution in [0, 0.1) is 0 Å². The van der Waals surface area contributed by atoms with Crippen molar-refractivity contribution in [2.75, 3.05) is 27.4 Å². The minimum atomic E-state index is 0.596. The smallest absolute Gasteiger partial charge is 0.164 e. The highest BCUT2D eigenvalue weighted by atomic mass is 16.5. The van der Waals surface area contributed by atoms with Crippen LogP contribution in [0.1, 0.15) is 6.42 Å².